The van der Waals surface area contributed by atoms with E-state index in [2.05, 4.69) is 179 Å². The first-order valence-electron chi connectivity index (χ1n) is 18.2. The first kappa shape index (κ1) is 28.2. The molecule has 246 valence electrons. The van der Waals surface area contributed by atoms with Crippen LogP contribution in [-0.4, -0.2) is 21.3 Å². The number of fused-ring (bicyclic) bond motifs is 12. The number of hydrogen-bond donors (Lipinski definition) is 0. The van der Waals surface area contributed by atoms with E-state index in [1.807, 2.05) is 0 Å². The van der Waals surface area contributed by atoms with Crippen LogP contribution in [0.5, 0.6) is 11.5 Å². The van der Waals surface area contributed by atoms with Crippen molar-refractivity contribution >= 4 is 43.6 Å². The molecule has 0 fully saturated rings. The summed E-state index contributed by atoms with van der Waals surface area (Å²) in [5, 5.41) is 4.97. The first-order chi connectivity index (χ1) is 25.8. The molecular weight excluding hydrogens is 637 g/mol. The van der Waals surface area contributed by atoms with Crippen LogP contribution in [0.2, 0.25) is 0 Å². The van der Waals surface area contributed by atoms with Gasteiger partial charge in [0.1, 0.15) is 23.7 Å². The van der Waals surface area contributed by atoms with E-state index in [0.717, 1.165) is 11.5 Å². The van der Waals surface area contributed by atoms with E-state index in [9.17, 15) is 0 Å². The van der Waals surface area contributed by atoms with E-state index in [-0.39, 0.29) is 24.0 Å². The van der Waals surface area contributed by atoms with Gasteiger partial charge >= 0.3 is 0 Å². The SMILES string of the molecule is C1=CC2Oc3cccc(-n4c5ccccc5c5cc(-c6ccc7c(c6)c6ccccc6n7-c6cccc7c6[C@H]6C=CC=CC6O7)ccc54)c3C2C=C1. The number of hydrogen-bond acceptors (Lipinski definition) is 2. The molecule has 4 nitrogen and oxygen atoms in total. The third kappa shape index (κ3) is 3.81. The van der Waals surface area contributed by atoms with Crippen molar-refractivity contribution in [3.63, 3.8) is 0 Å². The Balaban J connectivity index is 1.03. The third-order valence-electron chi connectivity index (χ3n) is 11.6. The van der Waals surface area contributed by atoms with Crippen molar-refractivity contribution in [1.82, 2.24) is 9.13 Å². The molecule has 0 spiro atoms. The summed E-state index contributed by atoms with van der Waals surface area (Å²) < 4.78 is 17.7. The van der Waals surface area contributed by atoms with Crippen LogP contribution in [0.3, 0.4) is 0 Å². The standard InChI is InChI=1S/C48H32N2O2/c1-5-15-37-31(11-1)35-27-29(23-25-39(35)49(37)41-17-9-21-45-47(41)33-13-3-7-19-43(33)51-45)30-24-26-40-36(28-30)32-12-2-6-16-38(32)50(40)42-18-10-22-46-48(42)34-14-4-8-20-44(34)52-46/h1-28,33-34,43-44H/t33-,34?,43?,44?/m0/s1. The average Bonchev–Trinajstić information content (AvgIpc) is 3.95. The van der Waals surface area contributed by atoms with E-state index in [0.29, 0.717) is 0 Å². The summed E-state index contributed by atoms with van der Waals surface area (Å²) >= 11 is 0. The predicted molar refractivity (Wildman–Crippen MR) is 211 cm³/mol. The number of benzene rings is 6. The summed E-state index contributed by atoms with van der Waals surface area (Å²) in [5.41, 5.74) is 12.1. The van der Waals surface area contributed by atoms with Crippen molar-refractivity contribution in [2.24, 2.45) is 0 Å². The van der Waals surface area contributed by atoms with Gasteiger partial charge in [0.2, 0.25) is 0 Å². The van der Waals surface area contributed by atoms with Gasteiger partial charge in [-0.15, -0.1) is 0 Å². The fourth-order valence-electron chi connectivity index (χ4n) is 9.37. The van der Waals surface area contributed by atoms with Crippen molar-refractivity contribution in [2.45, 2.75) is 24.0 Å². The zero-order valence-corrected chi connectivity index (χ0v) is 28.2. The van der Waals surface area contributed by atoms with Crippen molar-refractivity contribution in [3.05, 3.63) is 181 Å². The fourth-order valence-corrected chi connectivity index (χ4v) is 9.37. The molecule has 12 rings (SSSR count). The highest BCUT2D eigenvalue weighted by molar-refractivity contribution is 6.13. The zero-order chi connectivity index (χ0) is 33.9. The van der Waals surface area contributed by atoms with Gasteiger partial charge in [0, 0.05) is 44.5 Å². The largest absolute Gasteiger partial charge is 0.485 e. The molecule has 4 heteroatoms. The minimum Gasteiger partial charge on any atom is -0.485 e. The van der Waals surface area contributed by atoms with E-state index in [1.54, 1.807) is 0 Å². The third-order valence-corrected chi connectivity index (χ3v) is 11.6. The van der Waals surface area contributed by atoms with Gasteiger partial charge in [-0.2, -0.15) is 0 Å². The van der Waals surface area contributed by atoms with E-state index in [1.165, 1.54) is 77.2 Å². The zero-order valence-electron chi connectivity index (χ0n) is 28.2. The lowest BCUT2D eigenvalue weighted by molar-refractivity contribution is 0.268. The van der Waals surface area contributed by atoms with Gasteiger partial charge in [-0.3, -0.25) is 0 Å². The van der Waals surface area contributed by atoms with Gasteiger partial charge in [-0.1, -0.05) is 97.1 Å². The maximum Gasteiger partial charge on any atom is 0.128 e. The molecule has 0 bridgehead atoms. The van der Waals surface area contributed by atoms with Crippen LogP contribution in [0.4, 0.5) is 0 Å². The molecule has 2 aliphatic carbocycles. The van der Waals surface area contributed by atoms with Crippen LogP contribution in [0.1, 0.15) is 23.0 Å². The molecule has 3 unspecified atom stereocenters. The average molecular weight is 669 g/mol. The Hall–Kier alpha value is -6.52. The Morgan fingerprint density at radius 2 is 0.827 bits per heavy atom. The highest BCUT2D eigenvalue weighted by atomic mass is 16.5. The quantitative estimate of drug-likeness (QED) is 0.187. The summed E-state index contributed by atoms with van der Waals surface area (Å²) in [6.45, 7) is 0. The number of rotatable bonds is 3. The highest BCUT2D eigenvalue weighted by Crippen LogP contribution is 2.48. The van der Waals surface area contributed by atoms with Crippen LogP contribution >= 0.6 is 0 Å². The molecule has 6 aromatic carbocycles. The van der Waals surface area contributed by atoms with Gasteiger partial charge < -0.3 is 18.6 Å². The minimum atomic E-state index is 0.0380. The lowest BCUT2D eigenvalue weighted by atomic mass is 9.90. The molecule has 0 saturated carbocycles. The minimum absolute atomic E-state index is 0.0380. The lowest BCUT2D eigenvalue weighted by Crippen LogP contribution is -2.16. The molecule has 2 aromatic heterocycles. The van der Waals surface area contributed by atoms with E-state index < -0.39 is 0 Å². The van der Waals surface area contributed by atoms with Gasteiger partial charge in [0.05, 0.1) is 33.4 Å². The Kier molecular flexibility index (Phi) is 5.70. The second-order valence-electron chi connectivity index (χ2n) is 14.3. The molecule has 4 atom stereocenters. The number of allylic oxidation sites excluding steroid dienone is 4. The van der Waals surface area contributed by atoms with Gasteiger partial charge in [0.15, 0.2) is 0 Å². The van der Waals surface area contributed by atoms with Gasteiger partial charge in [0.25, 0.3) is 0 Å². The van der Waals surface area contributed by atoms with Gasteiger partial charge in [-0.05, 0) is 83.9 Å². The monoisotopic (exact) mass is 668 g/mol. The van der Waals surface area contributed by atoms with Crippen LogP contribution in [0.25, 0.3) is 66.1 Å². The predicted octanol–water partition coefficient (Wildman–Crippen LogP) is 11.5. The van der Waals surface area contributed by atoms with Crippen LogP contribution in [0, 0.1) is 0 Å². The molecule has 2 aliphatic heterocycles. The van der Waals surface area contributed by atoms with Gasteiger partial charge in [-0.25, -0.2) is 0 Å². The first-order valence-corrected chi connectivity index (χ1v) is 18.2. The van der Waals surface area contributed by atoms with Crippen molar-refractivity contribution in [3.8, 4) is 34.0 Å². The Morgan fingerprint density at radius 3 is 1.33 bits per heavy atom. The number of nitrogens with zero attached hydrogens (tertiary/aromatic N) is 2. The Morgan fingerprint density at radius 1 is 0.385 bits per heavy atom. The second-order valence-corrected chi connectivity index (χ2v) is 14.3. The van der Waals surface area contributed by atoms with Crippen LogP contribution < -0.4 is 9.47 Å². The summed E-state index contributed by atoms with van der Waals surface area (Å²) in [5.74, 6) is 2.34. The maximum atomic E-state index is 6.43. The second kappa shape index (κ2) is 10.5. The molecular formula is C48H32N2O2. The molecule has 8 aromatic rings. The highest BCUT2D eigenvalue weighted by Gasteiger charge is 2.36. The molecule has 0 saturated heterocycles. The molecule has 0 amide bonds. The molecule has 52 heavy (non-hydrogen) atoms. The van der Waals surface area contributed by atoms with E-state index in [4.69, 9.17) is 9.47 Å². The number of para-hydroxylation sites is 2. The normalized spacial score (nSPS) is 20.7. The van der Waals surface area contributed by atoms with E-state index >= 15 is 0 Å². The lowest BCUT2D eigenvalue weighted by Gasteiger charge is -2.17. The number of aromatic nitrogens is 2. The molecule has 0 N–H and O–H groups in total. The number of ether oxygens (including phenoxy) is 2. The van der Waals surface area contributed by atoms with Crippen molar-refractivity contribution in [2.75, 3.05) is 0 Å². The summed E-state index contributed by atoms with van der Waals surface area (Å²) in [7, 11) is 0. The topological polar surface area (TPSA) is 28.3 Å². The molecule has 0 radical (unpaired) electrons. The molecule has 4 heterocycles. The summed E-state index contributed by atoms with van der Waals surface area (Å²) in [4.78, 5) is 0. The van der Waals surface area contributed by atoms with Crippen molar-refractivity contribution < 1.29 is 9.47 Å². The smallest absolute Gasteiger partial charge is 0.128 e. The maximum absolute atomic E-state index is 6.43. The van der Waals surface area contributed by atoms with Crippen molar-refractivity contribution in [1.29, 1.82) is 0 Å². The summed E-state index contributed by atoms with van der Waals surface area (Å²) in [6, 6.07) is 44.5. The Bertz CT molecular complexity index is 2750. The van der Waals surface area contributed by atoms with Crippen LogP contribution in [0.15, 0.2) is 170 Å². The molecule has 4 aliphatic rings. The fraction of sp³-hybridized carbons (Fsp3) is 0.0833. The van der Waals surface area contributed by atoms with Crippen LogP contribution in [-0.2, 0) is 0 Å². The Labute approximate surface area is 300 Å². The summed E-state index contributed by atoms with van der Waals surface area (Å²) in [6.07, 6.45) is 17.4.